The van der Waals surface area contributed by atoms with E-state index in [1.807, 2.05) is 37.2 Å². The minimum atomic E-state index is -3.67. The normalized spacial score (nSPS) is 11.7. The van der Waals surface area contributed by atoms with Crippen LogP contribution in [-0.4, -0.2) is 22.5 Å². The molecule has 0 atom stereocenters. The van der Waals surface area contributed by atoms with Gasteiger partial charge in [-0.05, 0) is 23.6 Å². The fourth-order valence-electron chi connectivity index (χ4n) is 1.79. The Balaban J connectivity index is 2.74. The van der Waals surface area contributed by atoms with Crippen LogP contribution in [0.2, 0.25) is 0 Å². The van der Waals surface area contributed by atoms with Gasteiger partial charge in [0.05, 0.1) is 4.90 Å². The zero-order valence-corrected chi connectivity index (χ0v) is 11.1. The Labute approximate surface area is 105 Å². The molecule has 90 valence electrons. The number of hydrogen-bond acceptors (Lipinski definition) is 3. The molecule has 0 fully saturated rings. The zero-order valence-electron chi connectivity index (χ0n) is 9.51. The first kappa shape index (κ1) is 12.2. The van der Waals surface area contributed by atoms with E-state index in [9.17, 15) is 8.42 Å². The molecule has 0 amide bonds. The summed E-state index contributed by atoms with van der Waals surface area (Å²) in [5, 5.41) is 1.86. The van der Waals surface area contributed by atoms with E-state index in [0.29, 0.717) is 0 Å². The van der Waals surface area contributed by atoms with Crippen LogP contribution < -0.4 is 4.90 Å². The lowest BCUT2D eigenvalue weighted by Gasteiger charge is -2.15. The molecule has 0 N–H and O–H groups in total. The Bertz CT molecular complexity index is 665. The first-order valence-corrected chi connectivity index (χ1v) is 7.35. The van der Waals surface area contributed by atoms with E-state index < -0.39 is 9.05 Å². The number of fused-ring (bicyclic) bond motifs is 1. The highest BCUT2D eigenvalue weighted by molar-refractivity contribution is 8.13. The summed E-state index contributed by atoms with van der Waals surface area (Å²) < 4.78 is 22.5. The molecule has 3 nitrogen and oxygen atoms in total. The zero-order chi connectivity index (χ0) is 12.6. The molecule has 0 unspecified atom stereocenters. The number of anilines is 1. The Morgan fingerprint density at radius 2 is 1.82 bits per heavy atom. The van der Waals surface area contributed by atoms with Gasteiger partial charge in [-0.2, -0.15) is 0 Å². The fourth-order valence-corrected chi connectivity index (χ4v) is 2.57. The van der Waals surface area contributed by atoms with E-state index in [-0.39, 0.29) is 4.90 Å². The van der Waals surface area contributed by atoms with Crippen LogP contribution in [0.4, 0.5) is 5.69 Å². The van der Waals surface area contributed by atoms with Crippen molar-refractivity contribution in [2.45, 2.75) is 4.90 Å². The molecule has 5 heteroatoms. The summed E-state index contributed by atoms with van der Waals surface area (Å²) in [6, 6.07) is 10.6. The quantitative estimate of drug-likeness (QED) is 0.787. The van der Waals surface area contributed by atoms with Gasteiger partial charge in [-0.15, -0.1) is 0 Å². The van der Waals surface area contributed by atoms with Crippen LogP contribution in [0.15, 0.2) is 41.3 Å². The number of rotatable bonds is 2. The van der Waals surface area contributed by atoms with Crippen LogP contribution in [0.3, 0.4) is 0 Å². The molecule has 0 aromatic heterocycles. The van der Waals surface area contributed by atoms with Crippen molar-refractivity contribution in [3.63, 3.8) is 0 Å². The minimum Gasteiger partial charge on any atom is -0.377 e. The molecule has 17 heavy (non-hydrogen) atoms. The average molecular weight is 270 g/mol. The summed E-state index contributed by atoms with van der Waals surface area (Å²) >= 11 is 0. The number of hydrogen-bond donors (Lipinski definition) is 0. The van der Waals surface area contributed by atoms with E-state index in [1.165, 1.54) is 6.07 Å². The predicted molar refractivity (Wildman–Crippen MR) is 71.3 cm³/mol. The van der Waals surface area contributed by atoms with Gasteiger partial charge < -0.3 is 4.90 Å². The Morgan fingerprint density at radius 1 is 1.12 bits per heavy atom. The topological polar surface area (TPSA) is 37.4 Å². The van der Waals surface area contributed by atoms with E-state index in [4.69, 9.17) is 10.7 Å². The van der Waals surface area contributed by atoms with Crippen LogP contribution in [0.25, 0.3) is 10.8 Å². The monoisotopic (exact) mass is 269 g/mol. The van der Waals surface area contributed by atoms with Crippen LogP contribution >= 0.6 is 10.7 Å². The Hall–Kier alpha value is -1.26. The third kappa shape index (κ3) is 2.37. The summed E-state index contributed by atoms with van der Waals surface area (Å²) in [4.78, 5) is 2.11. The average Bonchev–Trinajstić information content (AvgIpc) is 2.26. The van der Waals surface area contributed by atoms with Crippen molar-refractivity contribution in [1.29, 1.82) is 0 Å². The lowest BCUT2D eigenvalue weighted by Crippen LogP contribution is -2.08. The van der Waals surface area contributed by atoms with Crippen LogP contribution in [0.1, 0.15) is 0 Å². The smallest absolute Gasteiger partial charge is 0.261 e. The summed E-state index contributed by atoms with van der Waals surface area (Å²) in [5.41, 5.74) is 1.04. The van der Waals surface area contributed by atoms with Crippen molar-refractivity contribution in [3.8, 4) is 0 Å². The highest BCUT2D eigenvalue weighted by Crippen LogP contribution is 2.28. The first-order chi connectivity index (χ1) is 7.89. The highest BCUT2D eigenvalue weighted by atomic mass is 35.7. The summed E-state index contributed by atoms with van der Waals surface area (Å²) in [7, 11) is 5.55. The van der Waals surface area contributed by atoms with Crippen molar-refractivity contribution in [2.24, 2.45) is 0 Å². The fraction of sp³-hybridized carbons (Fsp3) is 0.167. The highest BCUT2D eigenvalue weighted by Gasteiger charge is 2.11. The van der Waals surface area contributed by atoms with Gasteiger partial charge in [0.25, 0.3) is 9.05 Å². The third-order valence-corrected chi connectivity index (χ3v) is 3.94. The van der Waals surface area contributed by atoms with Gasteiger partial charge in [0.15, 0.2) is 0 Å². The van der Waals surface area contributed by atoms with Crippen LogP contribution in [0, 0.1) is 0 Å². The predicted octanol–water partition coefficient (Wildman–Crippen LogP) is 2.83. The second-order valence-electron chi connectivity index (χ2n) is 3.99. The van der Waals surface area contributed by atoms with Gasteiger partial charge >= 0.3 is 0 Å². The second-order valence-corrected chi connectivity index (χ2v) is 6.56. The van der Waals surface area contributed by atoms with Crippen LogP contribution in [0.5, 0.6) is 0 Å². The van der Waals surface area contributed by atoms with Gasteiger partial charge in [-0.3, -0.25) is 0 Å². The molecule has 2 aromatic rings. The molecule has 0 spiro atoms. The maximum absolute atomic E-state index is 11.3. The SMILES string of the molecule is CN(C)c1cccc2cc(S(=O)(=O)Cl)ccc12. The van der Waals surface area contributed by atoms with E-state index in [2.05, 4.69) is 0 Å². The van der Waals surface area contributed by atoms with Gasteiger partial charge in [0.1, 0.15) is 0 Å². The third-order valence-electron chi connectivity index (χ3n) is 2.59. The molecule has 0 saturated carbocycles. The number of benzene rings is 2. The minimum absolute atomic E-state index is 0.127. The summed E-state index contributed by atoms with van der Waals surface area (Å²) in [6.07, 6.45) is 0. The molecule has 0 saturated heterocycles. The second kappa shape index (κ2) is 4.20. The Morgan fingerprint density at radius 3 is 2.41 bits per heavy atom. The molecule has 0 radical (unpaired) electrons. The van der Waals surface area contributed by atoms with Crippen molar-refractivity contribution in [3.05, 3.63) is 36.4 Å². The van der Waals surface area contributed by atoms with Crippen molar-refractivity contribution < 1.29 is 8.42 Å². The summed E-state index contributed by atoms with van der Waals surface area (Å²) in [5.74, 6) is 0. The molecule has 0 aliphatic heterocycles. The largest absolute Gasteiger partial charge is 0.377 e. The van der Waals surface area contributed by atoms with E-state index in [0.717, 1.165) is 16.5 Å². The summed E-state index contributed by atoms with van der Waals surface area (Å²) in [6.45, 7) is 0. The first-order valence-electron chi connectivity index (χ1n) is 5.04. The van der Waals surface area contributed by atoms with Gasteiger partial charge in [-0.25, -0.2) is 8.42 Å². The number of nitrogens with zero attached hydrogens (tertiary/aromatic N) is 1. The van der Waals surface area contributed by atoms with Crippen molar-refractivity contribution in [1.82, 2.24) is 0 Å². The molecule has 0 bridgehead atoms. The molecular formula is C12H12ClNO2S. The Kier molecular flexibility index (Phi) is 3.02. The molecule has 0 aliphatic rings. The molecule has 0 aliphatic carbocycles. The molecule has 2 rings (SSSR count). The van der Waals surface area contributed by atoms with Crippen molar-refractivity contribution in [2.75, 3.05) is 19.0 Å². The lowest BCUT2D eigenvalue weighted by molar-refractivity contribution is 0.609. The maximum Gasteiger partial charge on any atom is 0.261 e. The van der Waals surface area contributed by atoms with Gasteiger partial charge in [0.2, 0.25) is 0 Å². The van der Waals surface area contributed by atoms with E-state index >= 15 is 0 Å². The molecule has 0 heterocycles. The number of halogens is 1. The lowest BCUT2D eigenvalue weighted by atomic mass is 10.1. The molecule has 2 aromatic carbocycles. The van der Waals surface area contributed by atoms with Crippen LogP contribution in [-0.2, 0) is 9.05 Å². The van der Waals surface area contributed by atoms with Crippen molar-refractivity contribution >= 4 is 36.2 Å². The van der Waals surface area contributed by atoms with Gasteiger partial charge in [0, 0.05) is 35.9 Å². The standard InChI is InChI=1S/C12H12ClNO2S/c1-14(2)12-5-3-4-9-8-10(17(13,15)16)6-7-11(9)12/h3-8H,1-2H3. The van der Waals surface area contributed by atoms with E-state index in [1.54, 1.807) is 12.1 Å². The molecular weight excluding hydrogens is 258 g/mol. The maximum atomic E-state index is 11.3. The van der Waals surface area contributed by atoms with Gasteiger partial charge in [-0.1, -0.05) is 18.2 Å².